The summed E-state index contributed by atoms with van der Waals surface area (Å²) in [7, 11) is 0. The molecule has 3 aromatic rings. The van der Waals surface area contributed by atoms with Gasteiger partial charge in [-0.3, -0.25) is 4.79 Å². The third-order valence-corrected chi connectivity index (χ3v) is 7.99. The number of nitrogens with zero attached hydrogens (tertiary/aromatic N) is 5. The van der Waals surface area contributed by atoms with Crippen molar-refractivity contribution in [1.82, 2.24) is 19.5 Å². The summed E-state index contributed by atoms with van der Waals surface area (Å²) in [6.07, 6.45) is 5.56. The molecule has 37 heavy (non-hydrogen) atoms. The Morgan fingerprint density at radius 3 is 2.86 bits per heavy atom. The van der Waals surface area contributed by atoms with Crippen LogP contribution in [0.5, 0.6) is 5.75 Å². The lowest BCUT2D eigenvalue weighted by Gasteiger charge is -2.35. The largest absolute Gasteiger partial charge is 0.493 e. The van der Waals surface area contributed by atoms with Gasteiger partial charge >= 0.3 is 0 Å². The van der Waals surface area contributed by atoms with E-state index in [9.17, 15) is 4.79 Å². The highest BCUT2D eigenvalue weighted by Gasteiger charge is 2.33. The minimum atomic E-state index is -0.142. The summed E-state index contributed by atoms with van der Waals surface area (Å²) in [6, 6.07) is 7.38. The zero-order valence-electron chi connectivity index (χ0n) is 21.3. The molecular weight excluding hydrogens is 490 g/mol. The van der Waals surface area contributed by atoms with Crippen LogP contribution in [0, 0.1) is 6.92 Å². The second kappa shape index (κ2) is 10.0. The fourth-order valence-electron chi connectivity index (χ4n) is 5.80. The number of carbonyl (C=O) groups excluding carboxylic acids is 1. The molecule has 10 heteroatoms. The van der Waals surface area contributed by atoms with Gasteiger partial charge in [-0.25, -0.2) is 4.98 Å². The number of fused-ring (bicyclic) bond motifs is 4. The summed E-state index contributed by atoms with van der Waals surface area (Å²) >= 11 is 6.32. The Kier molecular flexibility index (Phi) is 6.58. The van der Waals surface area contributed by atoms with Crippen LogP contribution in [0.15, 0.2) is 24.3 Å². The maximum absolute atomic E-state index is 13.9. The molecule has 2 aromatic heterocycles. The molecule has 0 radical (unpaired) electrons. The molecule has 0 saturated carbocycles. The molecule has 196 valence electrons. The number of nitrogens with one attached hydrogen (secondary N) is 1. The predicted octanol–water partition coefficient (Wildman–Crippen LogP) is 4.18. The predicted molar refractivity (Wildman–Crippen MR) is 145 cm³/mol. The van der Waals surface area contributed by atoms with E-state index in [1.807, 2.05) is 15.5 Å². The van der Waals surface area contributed by atoms with Crippen LogP contribution in [-0.4, -0.2) is 64.2 Å². The third-order valence-electron chi connectivity index (χ3n) is 7.75. The van der Waals surface area contributed by atoms with Crippen molar-refractivity contribution in [2.24, 2.45) is 5.73 Å². The van der Waals surface area contributed by atoms with Gasteiger partial charge in [0, 0.05) is 48.9 Å². The number of aromatic nitrogens is 3. The number of hydrogen-bond donors (Lipinski definition) is 2. The van der Waals surface area contributed by atoms with E-state index in [4.69, 9.17) is 32.2 Å². The average molecular weight is 524 g/mol. The highest BCUT2D eigenvalue weighted by molar-refractivity contribution is 6.31. The van der Waals surface area contributed by atoms with Crippen LogP contribution < -0.4 is 20.7 Å². The number of amides is 1. The van der Waals surface area contributed by atoms with Gasteiger partial charge in [0.2, 0.25) is 0 Å². The van der Waals surface area contributed by atoms with Crippen LogP contribution >= 0.6 is 11.6 Å². The first-order valence-electron chi connectivity index (χ1n) is 13.4. The fraction of sp³-hybridized carbons (Fsp3) is 0.519. The molecule has 1 aromatic carbocycles. The number of benzene rings is 1. The van der Waals surface area contributed by atoms with Crippen LogP contribution in [0.25, 0.3) is 5.65 Å². The van der Waals surface area contributed by atoms with Crippen LogP contribution in [0.3, 0.4) is 0 Å². The first-order chi connectivity index (χ1) is 18.0. The van der Waals surface area contributed by atoms with Crippen molar-refractivity contribution in [2.75, 3.05) is 43.0 Å². The lowest BCUT2D eigenvalue weighted by atomic mass is 9.98. The number of nitrogens with two attached hydrogens (primary N) is 1. The molecule has 6 rings (SSSR count). The summed E-state index contributed by atoms with van der Waals surface area (Å²) in [5.74, 6) is 2.43. The third kappa shape index (κ3) is 4.59. The van der Waals surface area contributed by atoms with Crippen LogP contribution in [0.2, 0.25) is 5.02 Å². The summed E-state index contributed by atoms with van der Waals surface area (Å²) < 4.78 is 8.01. The van der Waals surface area contributed by atoms with Crippen molar-refractivity contribution >= 4 is 34.8 Å². The van der Waals surface area contributed by atoms with Gasteiger partial charge in [-0.1, -0.05) is 11.6 Å². The van der Waals surface area contributed by atoms with Gasteiger partial charge in [0.15, 0.2) is 5.65 Å². The van der Waals surface area contributed by atoms with E-state index in [-0.39, 0.29) is 18.0 Å². The Hall–Kier alpha value is -3.04. The Balaban J connectivity index is 1.46. The van der Waals surface area contributed by atoms with Crippen molar-refractivity contribution in [3.63, 3.8) is 0 Å². The van der Waals surface area contributed by atoms with E-state index >= 15 is 0 Å². The summed E-state index contributed by atoms with van der Waals surface area (Å²) in [5, 5.41) is 9.20. The monoisotopic (exact) mass is 523 g/mol. The number of rotatable bonds is 1. The molecule has 2 bridgehead atoms. The minimum Gasteiger partial charge on any atom is -0.493 e. The fourth-order valence-corrected chi connectivity index (χ4v) is 5.97. The molecule has 2 unspecified atom stereocenters. The Bertz CT molecular complexity index is 1330. The molecule has 2 saturated heterocycles. The normalized spacial score (nSPS) is 22.7. The van der Waals surface area contributed by atoms with E-state index in [2.05, 4.69) is 17.1 Å². The SMILES string of the molecule is Cc1c(N2CCC(N)C2)nc2cc3nn2c1NCCCCOc1ccc(Cl)cc1C(=O)N1CCCCC31. The lowest BCUT2D eigenvalue weighted by molar-refractivity contribution is 0.0601. The van der Waals surface area contributed by atoms with Gasteiger partial charge in [-0.2, -0.15) is 9.61 Å². The Morgan fingerprint density at radius 1 is 1.14 bits per heavy atom. The van der Waals surface area contributed by atoms with Gasteiger partial charge in [-0.05, 0) is 63.6 Å². The van der Waals surface area contributed by atoms with Crippen LogP contribution in [0.1, 0.15) is 66.2 Å². The van der Waals surface area contributed by atoms with Gasteiger partial charge in [0.25, 0.3) is 5.91 Å². The molecule has 3 aliphatic heterocycles. The summed E-state index contributed by atoms with van der Waals surface area (Å²) in [4.78, 5) is 23.2. The summed E-state index contributed by atoms with van der Waals surface area (Å²) in [6.45, 7) is 5.77. The van der Waals surface area contributed by atoms with Crippen LogP contribution in [-0.2, 0) is 0 Å². The molecule has 5 heterocycles. The number of carbonyl (C=O) groups is 1. The molecule has 0 spiro atoms. The number of ether oxygens (including phenoxy) is 1. The van der Waals surface area contributed by atoms with Gasteiger partial charge in [0.1, 0.15) is 17.4 Å². The maximum Gasteiger partial charge on any atom is 0.258 e. The second-order valence-corrected chi connectivity index (χ2v) is 10.8. The molecule has 2 atom stereocenters. The average Bonchev–Trinajstić information content (AvgIpc) is 3.52. The maximum atomic E-state index is 13.9. The zero-order valence-corrected chi connectivity index (χ0v) is 22.0. The summed E-state index contributed by atoms with van der Waals surface area (Å²) in [5.41, 5.74) is 9.45. The van der Waals surface area contributed by atoms with E-state index in [1.165, 1.54) is 0 Å². The topological polar surface area (TPSA) is 101 Å². The lowest BCUT2D eigenvalue weighted by Crippen LogP contribution is -2.39. The minimum absolute atomic E-state index is 0.0663. The highest BCUT2D eigenvalue weighted by atomic mass is 35.5. The highest BCUT2D eigenvalue weighted by Crippen LogP contribution is 2.36. The second-order valence-electron chi connectivity index (χ2n) is 10.4. The number of hydrogen-bond acceptors (Lipinski definition) is 7. The number of anilines is 2. The van der Waals surface area contributed by atoms with Crippen LogP contribution in [0.4, 0.5) is 11.6 Å². The molecule has 3 aliphatic rings. The first-order valence-corrected chi connectivity index (χ1v) is 13.8. The van der Waals surface area contributed by atoms with Crippen molar-refractivity contribution < 1.29 is 9.53 Å². The molecular formula is C27H34ClN7O2. The molecule has 3 N–H and O–H groups in total. The molecule has 9 nitrogen and oxygen atoms in total. The number of halogens is 1. The van der Waals surface area contributed by atoms with E-state index < -0.39 is 0 Å². The Morgan fingerprint density at radius 2 is 2.03 bits per heavy atom. The van der Waals surface area contributed by atoms with E-state index in [0.29, 0.717) is 29.5 Å². The van der Waals surface area contributed by atoms with Crippen molar-refractivity contribution in [2.45, 2.75) is 57.5 Å². The number of piperidine rings is 1. The van der Waals surface area contributed by atoms with Gasteiger partial charge in [0.05, 0.1) is 23.9 Å². The van der Waals surface area contributed by atoms with E-state index in [1.54, 1.807) is 18.2 Å². The quantitative estimate of drug-likeness (QED) is 0.493. The van der Waals surface area contributed by atoms with Crippen molar-refractivity contribution in [3.05, 3.63) is 46.1 Å². The molecule has 1 amide bonds. The van der Waals surface area contributed by atoms with Gasteiger partial charge < -0.3 is 25.6 Å². The Labute approximate surface area is 221 Å². The molecule has 2 fully saturated rings. The van der Waals surface area contributed by atoms with Gasteiger partial charge in [-0.15, -0.1) is 0 Å². The first kappa shape index (κ1) is 24.3. The van der Waals surface area contributed by atoms with Crippen molar-refractivity contribution in [3.8, 4) is 5.75 Å². The molecule has 0 aliphatic carbocycles. The standard InChI is InChI=1S/C27H34ClN7O2/c1-17-25-30-10-3-5-13-37-23-8-7-18(28)14-20(23)27(36)34-11-4-2-6-22(34)21-15-24(35(25)32-21)31-26(17)33-12-9-19(29)16-33/h7-8,14-15,19,22,30H,2-6,9-13,16,29H2,1H3. The van der Waals surface area contributed by atoms with Crippen molar-refractivity contribution in [1.29, 1.82) is 0 Å². The smallest absolute Gasteiger partial charge is 0.258 e. The zero-order chi connectivity index (χ0) is 25.5. The van der Waals surface area contributed by atoms with E-state index in [0.717, 1.165) is 86.7 Å².